The molecule has 0 aliphatic heterocycles. The van der Waals surface area contributed by atoms with Crippen LogP contribution in [0, 0.1) is 0 Å². The van der Waals surface area contributed by atoms with Crippen LogP contribution in [0.25, 0.3) is 0 Å². The van der Waals surface area contributed by atoms with Crippen LogP contribution in [0.2, 0.25) is 0 Å². The van der Waals surface area contributed by atoms with Gasteiger partial charge in [0, 0.05) is 0 Å². The molecule has 1 rings (SSSR count). The van der Waals surface area contributed by atoms with Gasteiger partial charge in [-0.05, 0) is 30.2 Å². The van der Waals surface area contributed by atoms with Gasteiger partial charge in [0.1, 0.15) is 0 Å². The minimum atomic E-state index is 0.702. The molecule has 0 atom stereocenters. The summed E-state index contributed by atoms with van der Waals surface area (Å²) in [5, 5.41) is 3.49. The molecule has 2 N–H and O–H groups in total. The summed E-state index contributed by atoms with van der Waals surface area (Å²) in [6.07, 6.45) is 4.99. The molecular weight excluding hydrogens is 216 g/mol. The summed E-state index contributed by atoms with van der Waals surface area (Å²) in [6, 6.07) is 5.61. The molecule has 4 heteroatoms. The Balaban J connectivity index is 2.68. The Hall–Kier alpha value is -1.71. The maximum Gasteiger partial charge on any atom is 0.161 e. The van der Waals surface area contributed by atoms with E-state index >= 15 is 0 Å². The maximum atomic E-state index is 5.69. The van der Waals surface area contributed by atoms with E-state index in [1.807, 2.05) is 18.2 Å². The lowest BCUT2D eigenvalue weighted by Crippen LogP contribution is -2.00. The van der Waals surface area contributed by atoms with Crippen molar-refractivity contribution in [3.05, 3.63) is 23.8 Å². The van der Waals surface area contributed by atoms with E-state index in [9.17, 15) is 0 Å². The van der Waals surface area contributed by atoms with Crippen molar-refractivity contribution >= 4 is 6.21 Å². The van der Waals surface area contributed by atoms with E-state index in [4.69, 9.17) is 15.3 Å². The quantitative estimate of drug-likeness (QED) is 0.342. The van der Waals surface area contributed by atoms with Crippen LogP contribution in [0.5, 0.6) is 11.5 Å². The number of methoxy groups -OCH3 is 1. The third-order valence-electron chi connectivity index (χ3n) is 2.42. The highest BCUT2D eigenvalue weighted by molar-refractivity contribution is 5.80. The molecule has 0 aliphatic carbocycles. The van der Waals surface area contributed by atoms with Crippen molar-refractivity contribution < 1.29 is 9.47 Å². The fraction of sp³-hybridized carbons (Fsp3) is 0.462. The Bertz CT molecular complexity index is 364. The normalized spacial score (nSPS) is 10.7. The second kappa shape index (κ2) is 7.54. The maximum absolute atomic E-state index is 5.69. The van der Waals surface area contributed by atoms with Gasteiger partial charge in [-0.2, -0.15) is 5.10 Å². The first kappa shape index (κ1) is 13.4. The summed E-state index contributed by atoms with van der Waals surface area (Å²) in [4.78, 5) is 0. The van der Waals surface area contributed by atoms with Crippen molar-refractivity contribution in [2.45, 2.75) is 26.2 Å². The highest BCUT2D eigenvalue weighted by atomic mass is 16.5. The van der Waals surface area contributed by atoms with Crippen LogP contribution in [0.3, 0.4) is 0 Å². The Labute approximate surface area is 102 Å². The van der Waals surface area contributed by atoms with Crippen molar-refractivity contribution in [2.75, 3.05) is 13.7 Å². The molecular formula is C13H20N2O2. The minimum absolute atomic E-state index is 0.702. The van der Waals surface area contributed by atoms with Gasteiger partial charge in [0.2, 0.25) is 0 Å². The number of unbranched alkanes of at least 4 members (excludes halogenated alkanes) is 2. The van der Waals surface area contributed by atoms with Gasteiger partial charge in [-0.1, -0.05) is 19.8 Å². The Morgan fingerprint density at radius 2 is 2.12 bits per heavy atom. The van der Waals surface area contributed by atoms with Gasteiger partial charge < -0.3 is 15.3 Å². The van der Waals surface area contributed by atoms with Crippen LogP contribution in [0.1, 0.15) is 31.7 Å². The van der Waals surface area contributed by atoms with E-state index in [2.05, 4.69) is 12.0 Å². The van der Waals surface area contributed by atoms with Crippen molar-refractivity contribution in [3.8, 4) is 11.5 Å². The molecule has 0 radical (unpaired) electrons. The van der Waals surface area contributed by atoms with Gasteiger partial charge in [-0.15, -0.1) is 0 Å². The fourth-order valence-corrected chi connectivity index (χ4v) is 1.51. The molecule has 0 spiro atoms. The van der Waals surface area contributed by atoms with Crippen LogP contribution in [-0.4, -0.2) is 19.9 Å². The highest BCUT2D eigenvalue weighted by Crippen LogP contribution is 2.27. The third kappa shape index (κ3) is 4.34. The van der Waals surface area contributed by atoms with Crippen LogP contribution in [-0.2, 0) is 0 Å². The summed E-state index contributed by atoms with van der Waals surface area (Å²) in [6.45, 7) is 2.87. The topological polar surface area (TPSA) is 56.8 Å². The summed E-state index contributed by atoms with van der Waals surface area (Å²) >= 11 is 0. The van der Waals surface area contributed by atoms with E-state index < -0.39 is 0 Å². The number of hydrazone groups is 1. The fourth-order valence-electron chi connectivity index (χ4n) is 1.51. The first-order valence-electron chi connectivity index (χ1n) is 5.86. The second-order valence-electron chi connectivity index (χ2n) is 3.74. The first-order valence-corrected chi connectivity index (χ1v) is 5.86. The molecule has 4 nitrogen and oxygen atoms in total. The van der Waals surface area contributed by atoms with Crippen molar-refractivity contribution in [2.24, 2.45) is 10.9 Å². The number of ether oxygens (including phenoxy) is 2. The van der Waals surface area contributed by atoms with Gasteiger partial charge in [-0.25, -0.2) is 0 Å². The Kier molecular flexibility index (Phi) is 5.93. The second-order valence-corrected chi connectivity index (χ2v) is 3.74. The average Bonchev–Trinajstić information content (AvgIpc) is 2.35. The third-order valence-corrected chi connectivity index (χ3v) is 2.42. The first-order chi connectivity index (χ1) is 8.31. The van der Waals surface area contributed by atoms with Gasteiger partial charge in [0.15, 0.2) is 11.5 Å². The summed E-state index contributed by atoms with van der Waals surface area (Å²) < 4.78 is 10.9. The zero-order valence-corrected chi connectivity index (χ0v) is 10.5. The molecule has 0 aliphatic rings. The van der Waals surface area contributed by atoms with Crippen LogP contribution in [0.15, 0.2) is 23.3 Å². The number of rotatable bonds is 7. The Morgan fingerprint density at radius 3 is 2.76 bits per heavy atom. The number of benzene rings is 1. The predicted octanol–water partition coefficient (Wildman–Crippen LogP) is 2.56. The van der Waals surface area contributed by atoms with Crippen molar-refractivity contribution in [3.63, 3.8) is 0 Å². The lowest BCUT2D eigenvalue weighted by atomic mass is 10.2. The molecule has 0 aromatic heterocycles. The largest absolute Gasteiger partial charge is 0.493 e. The summed E-state index contributed by atoms with van der Waals surface area (Å²) in [5.74, 6) is 6.59. The van der Waals surface area contributed by atoms with Crippen molar-refractivity contribution in [1.29, 1.82) is 0 Å². The van der Waals surface area contributed by atoms with E-state index in [1.54, 1.807) is 13.3 Å². The molecule has 17 heavy (non-hydrogen) atoms. The highest BCUT2D eigenvalue weighted by Gasteiger charge is 2.04. The molecule has 0 saturated heterocycles. The number of hydrogen-bond donors (Lipinski definition) is 1. The number of nitrogens with zero attached hydrogens (tertiary/aromatic N) is 1. The molecule has 0 heterocycles. The average molecular weight is 236 g/mol. The van der Waals surface area contributed by atoms with Gasteiger partial charge in [0.05, 0.1) is 19.9 Å². The van der Waals surface area contributed by atoms with Crippen LogP contribution in [0.4, 0.5) is 0 Å². The SMILES string of the molecule is CCCCCOc1cc(C=NN)ccc1OC. The monoisotopic (exact) mass is 236 g/mol. The lowest BCUT2D eigenvalue weighted by molar-refractivity contribution is 0.286. The molecule has 0 unspecified atom stereocenters. The molecule has 0 fully saturated rings. The molecule has 1 aromatic carbocycles. The van der Waals surface area contributed by atoms with Crippen LogP contribution >= 0.6 is 0 Å². The molecule has 1 aromatic rings. The van der Waals surface area contributed by atoms with E-state index in [1.165, 1.54) is 12.8 Å². The molecule has 94 valence electrons. The van der Waals surface area contributed by atoms with Crippen molar-refractivity contribution in [1.82, 2.24) is 0 Å². The zero-order valence-electron chi connectivity index (χ0n) is 10.5. The minimum Gasteiger partial charge on any atom is -0.493 e. The number of nitrogens with two attached hydrogens (primary N) is 1. The molecule has 0 amide bonds. The lowest BCUT2D eigenvalue weighted by Gasteiger charge is -2.11. The van der Waals surface area contributed by atoms with E-state index in [-0.39, 0.29) is 0 Å². The molecule has 0 bridgehead atoms. The van der Waals surface area contributed by atoms with Gasteiger partial charge in [0.25, 0.3) is 0 Å². The van der Waals surface area contributed by atoms with Crippen LogP contribution < -0.4 is 15.3 Å². The molecule has 0 saturated carbocycles. The van der Waals surface area contributed by atoms with E-state index in [0.717, 1.165) is 23.5 Å². The van der Waals surface area contributed by atoms with Gasteiger partial charge >= 0.3 is 0 Å². The number of hydrogen-bond acceptors (Lipinski definition) is 4. The van der Waals surface area contributed by atoms with E-state index in [0.29, 0.717) is 6.61 Å². The standard InChI is InChI=1S/C13H20N2O2/c1-3-4-5-8-17-13-9-11(10-15-14)6-7-12(13)16-2/h6-7,9-10H,3-5,8,14H2,1-2H3. The van der Waals surface area contributed by atoms with Gasteiger partial charge in [-0.3, -0.25) is 0 Å². The smallest absolute Gasteiger partial charge is 0.161 e. The summed E-state index contributed by atoms with van der Waals surface area (Å²) in [7, 11) is 1.63. The predicted molar refractivity (Wildman–Crippen MR) is 69.8 cm³/mol. The summed E-state index contributed by atoms with van der Waals surface area (Å²) in [5.41, 5.74) is 0.902. The zero-order chi connectivity index (χ0) is 12.5. The Morgan fingerprint density at radius 1 is 1.29 bits per heavy atom.